The molecule has 0 radical (unpaired) electrons. The fourth-order valence-electron chi connectivity index (χ4n) is 1.84. The van der Waals surface area contributed by atoms with Gasteiger partial charge in [0.25, 0.3) is 0 Å². The van der Waals surface area contributed by atoms with E-state index in [0.29, 0.717) is 0 Å². The lowest BCUT2D eigenvalue weighted by molar-refractivity contribution is 0.312. The fraction of sp³-hybridized carbons (Fsp3) is 0.545. The molecule has 3 nitrogen and oxygen atoms in total. The Labute approximate surface area is 99.2 Å². The van der Waals surface area contributed by atoms with Crippen molar-refractivity contribution in [3.63, 3.8) is 0 Å². The first kappa shape index (κ1) is 10.9. The first-order valence-electron chi connectivity index (χ1n) is 5.24. The Hall–Kier alpha value is -0.610. The Balaban J connectivity index is 2.15. The molecule has 0 atom stereocenters. The summed E-state index contributed by atoms with van der Waals surface area (Å²) in [6.45, 7) is 4.40. The van der Waals surface area contributed by atoms with Gasteiger partial charge in [-0.3, -0.25) is 0 Å². The number of nitrogens with zero attached hydrogens (tertiary/aromatic N) is 3. The third-order valence-electron chi connectivity index (χ3n) is 2.81. The topological polar surface area (TPSA) is 19.4 Å². The van der Waals surface area contributed by atoms with E-state index < -0.39 is 0 Å². The van der Waals surface area contributed by atoms with Gasteiger partial charge in [0.05, 0.1) is 0 Å². The maximum Gasteiger partial charge on any atom is 0.132 e. The molecule has 82 valence electrons. The maximum atomic E-state index is 4.48. The number of piperazine rings is 1. The van der Waals surface area contributed by atoms with E-state index in [1.54, 1.807) is 0 Å². The van der Waals surface area contributed by atoms with Crippen LogP contribution in [0.5, 0.6) is 0 Å². The monoisotopic (exact) mass is 269 g/mol. The molecule has 4 heteroatoms. The van der Waals surface area contributed by atoms with E-state index >= 15 is 0 Å². The van der Waals surface area contributed by atoms with Gasteiger partial charge in [0, 0.05) is 43.3 Å². The van der Waals surface area contributed by atoms with Gasteiger partial charge in [-0.1, -0.05) is 22.0 Å². The van der Waals surface area contributed by atoms with Gasteiger partial charge in [-0.2, -0.15) is 0 Å². The zero-order valence-electron chi connectivity index (χ0n) is 8.99. The van der Waals surface area contributed by atoms with E-state index in [1.165, 1.54) is 5.56 Å². The summed E-state index contributed by atoms with van der Waals surface area (Å²) < 4.78 is 0. The van der Waals surface area contributed by atoms with Crippen LogP contribution < -0.4 is 4.90 Å². The van der Waals surface area contributed by atoms with Gasteiger partial charge in [-0.15, -0.1) is 0 Å². The highest BCUT2D eigenvalue weighted by Crippen LogP contribution is 2.20. The van der Waals surface area contributed by atoms with Crippen LogP contribution in [0.3, 0.4) is 0 Å². The number of halogens is 1. The standard InChI is InChI=1S/C11H16BrN3/c1-14-5-7-15(8-6-14)11-10(9-12)3-2-4-13-11/h2-4H,5-9H2,1H3. The zero-order chi connectivity index (χ0) is 10.7. The van der Waals surface area contributed by atoms with Gasteiger partial charge in [-0.05, 0) is 13.1 Å². The van der Waals surface area contributed by atoms with Crippen molar-refractivity contribution < 1.29 is 0 Å². The maximum absolute atomic E-state index is 4.48. The number of anilines is 1. The van der Waals surface area contributed by atoms with Gasteiger partial charge in [0.2, 0.25) is 0 Å². The van der Waals surface area contributed by atoms with Gasteiger partial charge < -0.3 is 9.80 Å². The fourth-order valence-corrected chi connectivity index (χ4v) is 2.28. The molecule has 15 heavy (non-hydrogen) atoms. The number of alkyl halides is 1. The normalized spacial score (nSPS) is 18.1. The molecular weight excluding hydrogens is 254 g/mol. The average molecular weight is 270 g/mol. The van der Waals surface area contributed by atoms with Crippen molar-refractivity contribution in [2.75, 3.05) is 38.1 Å². The number of likely N-dealkylation sites (N-methyl/N-ethyl adjacent to an activating group) is 1. The first-order chi connectivity index (χ1) is 7.31. The Kier molecular flexibility index (Phi) is 3.59. The van der Waals surface area contributed by atoms with Gasteiger partial charge in [0.15, 0.2) is 0 Å². The molecule has 0 aliphatic carbocycles. The molecule has 0 saturated carbocycles. The highest BCUT2D eigenvalue weighted by molar-refractivity contribution is 9.08. The second-order valence-electron chi connectivity index (χ2n) is 3.91. The lowest BCUT2D eigenvalue weighted by Crippen LogP contribution is -2.45. The van der Waals surface area contributed by atoms with Crippen molar-refractivity contribution in [2.45, 2.75) is 5.33 Å². The Morgan fingerprint density at radius 3 is 2.73 bits per heavy atom. The van der Waals surface area contributed by atoms with Crippen molar-refractivity contribution in [1.82, 2.24) is 9.88 Å². The van der Waals surface area contributed by atoms with Crippen LogP contribution >= 0.6 is 15.9 Å². The molecule has 0 bridgehead atoms. The molecule has 1 aliphatic heterocycles. The first-order valence-corrected chi connectivity index (χ1v) is 6.37. The molecular formula is C11H16BrN3. The van der Waals surface area contributed by atoms with Crippen molar-refractivity contribution >= 4 is 21.7 Å². The molecule has 2 rings (SSSR count). The summed E-state index contributed by atoms with van der Waals surface area (Å²) in [4.78, 5) is 9.20. The molecule has 0 amide bonds. The van der Waals surface area contributed by atoms with E-state index in [4.69, 9.17) is 0 Å². The van der Waals surface area contributed by atoms with E-state index in [2.05, 4.69) is 43.8 Å². The lowest BCUT2D eigenvalue weighted by atomic mass is 10.2. The van der Waals surface area contributed by atoms with Gasteiger partial charge >= 0.3 is 0 Å². The predicted octanol–water partition coefficient (Wildman–Crippen LogP) is 1.73. The number of hydrogen-bond acceptors (Lipinski definition) is 3. The average Bonchev–Trinajstić information content (AvgIpc) is 2.30. The molecule has 0 unspecified atom stereocenters. The predicted molar refractivity (Wildman–Crippen MR) is 66.6 cm³/mol. The summed E-state index contributed by atoms with van der Waals surface area (Å²) in [5, 5.41) is 0.877. The summed E-state index contributed by atoms with van der Waals surface area (Å²) in [6, 6.07) is 4.13. The van der Waals surface area contributed by atoms with Crippen LogP contribution in [0, 0.1) is 0 Å². The Morgan fingerprint density at radius 1 is 1.33 bits per heavy atom. The highest BCUT2D eigenvalue weighted by Gasteiger charge is 2.17. The molecule has 0 spiro atoms. The molecule has 1 aliphatic rings. The summed E-state index contributed by atoms with van der Waals surface area (Å²) in [5.41, 5.74) is 1.28. The molecule has 1 aromatic rings. The molecule has 0 aromatic carbocycles. The lowest BCUT2D eigenvalue weighted by Gasteiger charge is -2.34. The van der Waals surface area contributed by atoms with Crippen molar-refractivity contribution in [3.05, 3.63) is 23.9 Å². The zero-order valence-corrected chi connectivity index (χ0v) is 10.6. The summed E-state index contributed by atoms with van der Waals surface area (Å²) in [6.07, 6.45) is 1.87. The van der Waals surface area contributed by atoms with Crippen molar-refractivity contribution in [3.8, 4) is 0 Å². The van der Waals surface area contributed by atoms with Crippen LogP contribution in [-0.2, 0) is 5.33 Å². The highest BCUT2D eigenvalue weighted by atomic mass is 79.9. The number of rotatable bonds is 2. The Bertz CT molecular complexity index is 321. The van der Waals surface area contributed by atoms with Crippen LogP contribution in [0.25, 0.3) is 0 Å². The molecule has 1 saturated heterocycles. The summed E-state index contributed by atoms with van der Waals surface area (Å²) in [5.74, 6) is 1.14. The van der Waals surface area contributed by atoms with Crippen LogP contribution in [0.4, 0.5) is 5.82 Å². The molecule has 1 fully saturated rings. The van der Waals surface area contributed by atoms with Crippen molar-refractivity contribution in [2.24, 2.45) is 0 Å². The third-order valence-corrected chi connectivity index (χ3v) is 3.42. The minimum atomic E-state index is 0.877. The second kappa shape index (κ2) is 4.94. The quantitative estimate of drug-likeness (QED) is 0.763. The van der Waals surface area contributed by atoms with E-state index in [-0.39, 0.29) is 0 Å². The largest absolute Gasteiger partial charge is 0.354 e. The van der Waals surface area contributed by atoms with Crippen LogP contribution in [0.1, 0.15) is 5.56 Å². The van der Waals surface area contributed by atoms with Crippen LogP contribution in [0.15, 0.2) is 18.3 Å². The number of pyridine rings is 1. The van der Waals surface area contributed by atoms with E-state index in [1.807, 2.05) is 12.3 Å². The molecule has 2 heterocycles. The summed E-state index contributed by atoms with van der Waals surface area (Å²) >= 11 is 3.51. The molecule has 1 aromatic heterocycles. The summed E-state index contributed by atoms with van der Waals surface area (Å²) in [7, 11) is 2.17. The third kappa shape index (κ3) is 2.49. The van der Waals surface area contributed by atoms with Crippen molar-refractivity contribution in [1.29, 1.82) is 0 Å². The van der Waals surface area contributed by atoms with Gasteiger partial charge in [-0.25, -0.2) is 4.98 Å². The number of aromatic nitrogens is 1. The minimum absolute atomic E-state index is 0.877. The smallest absolute Gasteiger partial charge is 0.132 e. The SMILES string of the molecule is CN1CCN(c2ncccc2CBr)CC1. The number of hydrogen-bond donors (Lipinski definition) is 0. The molecule has 0 N–H and O–H groups in total. The van der Waals surface area contributed by atoms with Crippen LogP contribution in [0.2, 0.25) is 0 Å². The minimum Gasteiger partial charge on any atom is -0.354 e. The second-order valence-corrected chi connectivity index (χ2v) is 4.47. The van der Waals surface area contributed by atoms with Gasteiger partial charge in [0.1, 0.15) is 5.82 Å². The Morgan fingerprint density at radius 2 is 2.07 bits per heavy atom. The van der Waals surface area contributed by atoms with E-state index in [0.717, 1.165) is 37.3 Å². The van der Waals surface area contributed by atoms with Crippen LogP contribution in [-0.4, -0.2) is 43.1 Å². The van der Waals surface area contributed by atoms with E-state index in [9.17, 15) is 0 Å².